The fraction of sp³-hybridized carbons (Fsp3) is 0.538. The molecule has 1 unspecified atom stereocenters. The molecule has 15 heavy (non-hydrogen) atoms. The lowest BCUT2D eigenvalue weighted by molar-refractivity contribution is 0.728. The smallest absolute Gasteiger partial charge is 0.0212 e. The van der Waals surface area contributed by atoms with Crippen LogP contribution in [0.25, 0.3) is 0 Å². The first-order valence-electron chi connectivity index (χ1n) is 5.67. The third kappa shape index (κ3) is 3.62. The van der Waals surface area contributed by atoms with E-state index in [-0.39, 0.29) is 0 Å². The second-order valence-corrected chi connectivity index (χ2v) is 4.91. The van der Waals surface area contributed by atoms with Crippen molar-refractivity contribution in [3.05, 3.63) is 33.8 Å². The molecular formula is C13H20BrN. The first kappa shape index (κ1) is 12.7. The number of nitrogens with two attached hydrogens (primary N) is 1. The van der Waals surface area contributed by atoms with E-state index < -0.39 is 0 Å². The zero-order chi connectivity index (χ0) is 11.3. The summed E-state index contributed by atoms with van der Waals surface area (Å²) in [5.41, 5.74) is 8.29. The van der Waals surface area contributed by atoms with Crippen LogP contribution in [0.15, 0.2) is 22.7 Å². The van der Waals surface area contributed by atoms with Gasteiger partial charge in [0.05, 0.1) is 0 Å². The molecular weight excluding hydrogens is 250 g/mol. The van der Waals surface area contributed by atoms with Crippen molar-refractivity contribution in [2.45, 2.75) is 39.0 Å². The first-order valence-corrected chi connectivity index (χ1v) is 6.46. The van der Waals surface area contributed by atoms with Gasteiger partial charge in [-0.1, -0.05) is 41.9 Å². The van der Waals surface area contributed by atoms with Crippen LogP contribution in [0, 0.1) is 0 Å². The predicted octanol–water partition coefficient (Wildman–Crippen LogP) is 3.85. The van der Waals surface area contributed by atoms with Crippen molar-refractivity contribution < 1.29 is 0 Å². The van der Waals surface area contributed by atoms with Gasteiger partial charge in [0.15, 0.2) is 0 Å². The van der Waals surface area contributed by atoms with Crippen LogP contribution in [0.1, 0.15) is 43.7 Å². The van der Waals surface area contributed by atoms with Gasteiger partial charge in [0.1, 0.15) is 0 Å². The van der Waals surface area contributed by atoms with E-state index >= 15 is 0 Å². The molecule has 0 bridgehead atoms. The quantitative estimate of drug-likeness (QED) is 0.864. The Hall–Kier alpha value is -0.340. The highest BCUT2D eigenvalue weighted by molar-refractivity contribution is 9.10. The van der Waals surface area contributed by atoms with Crippen LogP contribution in [-0.4, -0.2) is 6.54 Å². The SMILES string of the molecule is CCC(C)c1ccc(CCCN)cc1Br. The van der Waals surface area contributed by atoms with E-state index in [1.807, 2.05) is 0 Å². The molecule has 0 radical (unpaired) electrons. The fourth-order valence-electron chi connectivity index (χ4n) is 1.65. The number of hydrogen-bond acceptors (Lipinski definition) is 1. The zero-order valence-electron chi connectivity index (χ0n) is 9.59. The Morgan fingerprint density at radius 1 is 1.40 bits per heavy atom. The Morgan fingerprint density at radius 3 is 2.67 bits per heavy atom. The summed E-state index contributed by atoms with van der Waals surface area (Å²) in [5.74, 6) is 0.628. The van der Waals surface area contributed by atoms with Crippen molar-refractivity contribution in [1.29, 1.82) is 0 Å². The van der Waals surface area contributed by atoms with E-state index in [0.29, 0.717) is 5.92 Å². The molecule has 1 aromatic carbocycles. The Labute approximate surface area is 101 Å². The molecule has 0 spiro atoms. The van der Waals surface area contributed by atoms with E-state index in [4.69, 9.17) is 5.73 Å². The lowest BCUT2D eigenvalue weighted by Crippen LogP contribution is -2.01. The van der Waals surface area contributed by atoms with E-state index in [1.165, 1.54) is 22.0 Å². The molecule has 0 aliphatic heterocycles. The van der Waals surface area contributed by atoms with Crippen LogP contribution in [0.5, 0.6) is 0 Å². The van der Waals surface area contributed by atoms with Gasteiger partial charge in [-0.05, 0) is 48.9 Å². The number of hydrogen-bond donors (Lipinski definition) is 1. The molecule has 1 rings (SSSR count). The average molecular weight is 270 g/mol. The van der Waals surface area contributed by atoms with Crippen LogP contribution in [0.2, 0.25) is 0 Å². The van der Waals surface area contributed by atoms with Gasteiger partial charge >= 0.3 is 0 Å². The third-order valence-electron chi connectivity index (χ3n) is 2.88. The molecule has 0 saturated carbocycles. The van der Waals surface area contributed by atoms with Crippen molar-refractivity contribution in [2.24, 2.45) is 5.73 Å². The molecule has 0 fully saturated rings. The van der Waals surface area contributed by atoms with Gasteiger partial charge in [0.25, 0.3) is 0 Å². The van der Waals surface area contributed by atoms with Crippen molar-refractivity contribution in [3.63, 3.8) is 0 Å². The lowest BCUT2D eigenvalue weighted by Gasteiger charge is -2.12. The maximum Gasteiger partial charge on any atom is 0.0212 e. The molecule has 84 valence electrons. The molecule has 0 aliphatic carbocycles. The van der Waals surface area contributed by atoms with Crippen LogP contribution in [-0.2, 0) is 6.42 Å². The summed E-state index contributed by atoms with van der Waals surface area (Å²) in [7, 11) is 0. The van der Waals surface area contributed by atoms with Crippen molar-refractivity contribution >= 4 is 15.9 Å². The third-order valence-corrected chi connectivity index (χ3v) is 3.56. The topological polar surface area (TPSA) is 26.0 Å². The molecule has 0 heterocycles. The summed E-state index contributed by atoms with van der Waals surface area (Å²) in [4.78, 5) is 0. The van der Waals surface area contributed by atoms with Crippen molar-refractivity contribution in [3.8, 4) is 0 Å². The Morgan fingerprint density at radius 2 is 2.13 bits per heavy atom. The molecule has 0 amide bonds. The highest BCUT2D eigenvalue weighted by atomic mass is 79.9. The molecule has 1 aromatic rings. The Bertz CT molecular complexity index is 309. The molecule has 2 heteroatoms. The van der Waals surface area contributed by atoms with Crippen LogP contribution in [0.4, 0.5) is 0 Å². The van der Waals surface area contributed by atoms with E-state index in [0.717, 1.165) is 19.4 Å². The molecule has 0 aliphatic rings. The lowest BCUT2D eigenvalue weighted by atomic mass is 9.97. The van der Waals surface area contributed by atoms with Crippen LogP contribution < -0.4 is 5.73 Å². The predicted molar refractivity (Wildman–Crippen MR) is 70.2 cm³/mol. The van der Waals surface area contributed by atoms with Crippen LogP contribution in [0.3, 0.4) is 0 Å². The normalized spacial score (nSPS) is 12.8. The summed E-state index contributed by atoms with van der Waals surface area (Å²) < 4.78 is 1.24. The van der Waals surface area contributed by atoms with Crippen molar-refractivity contribution in [2.75, 3.05) is 6.54 Å². The molecule has 0 saturated heterocycles. The maximum absolute atomic E-state index is 5.50. The van der Waals surface area contributed by atoms with Gasteiger partial charge in [-0.25, -0.2) is 0 Å². The highest BCUT2D eigenvalue weighted by Crippen LogP contribution is 2.28. The fourth-order valence-corrected chi connectivity index (χ4v) is 2.47. The summed E-state index contributed by atoms with van der Waals surface area (Å²) >= 11 is 3.65. The molecule has 0 aromatic heterocycles. The van der Waals surface area contributed by atoms with Gasteiger partial charge in [-0.3, -0.25) is 0 Å². The molecule has 2 N–H and O–H groups in total. The minimum atomic E-state index is 0.628. The molecule has 1 nitrogen and oxygen atoms in total. The van der Waals surface area contributed by atoms with E-state index in [1.54, 1.807) is 0 Å². The summed E-state index contributed by atoms with van der Waals surface area (Å²) in [6.45, 7) is 5.25. The number of benzene rings is 1. The summed E-state index contributed by atoms with van der Waals surface area (Å²) in [5, 5.41) is 0. The van der Waals surface area contributed by atoms with E-state index in [9.17, 15) is 0 Å². The average Bonchev–Trinajstić information content (AvgIpc) is 2.25. The Balaban J connectivity index is 2.78. The highest BCUT2D eigenvalue weighted by Gasteiger charge is 2.07. The molecule has 1 atom stereocenters. The number of aryl methyl sites for hydroxylation is 1. The van der Waals surface area contributed by atoms with E-state index in [2.05, 4.69) is 48.0 Å². The monoisotopic (exact) mass is 269 g/mol. The maximum atomic E-state index is 5.50. The van der Waals surface area contributed by atoms with Gasteiger partial charge in [0.2, 0.25) is 0 Å². The zero-order valence-corrected chi connectivity index (χ0v) is 11.2. The van der Waals surface area contributed by atoms with Crippen molar-refractivity contribution in [1.82, 2.24) is 0 Å². The number of halogens is 1. The van der Waals surface area contributed by atoms with Gasteiger partial charge in [-0.15, -0.1) is 0 Å². The first-order chi connectivity index (χ1) is 7.19. The second kappa shape index (κ2) is 6.29. The summed E-state index contributed by atoms with van der Waals surface area (Å²) in [6, 6.07) is 6.70. The largest absolute Gasteiger partial charge is 0.330 e. The standard InChI is InChI=1S/C13H20BrN/c1-3-10(2)12-7-6-11(5-4-8-15)9-13(12)14/h6-7,9-10H,3-5,8,15H2,1-2H3. The Kier molecular flexibility index (Phi) is 5.34. The minimum absolute atomic E-state index is 0.628. The number of rotatable bonds is 5. The summed E-state index contributed by atoms with van der Waals surface area (Å²) in [6.07, 6.45) is 3.33. The van der Waals surface area contributed by atoms with Gasteiger partial charge < -0.3 is 5.73 Å². The second-order valence-electron chi connectivity index (χ2n) is 4.06. The van der Waals surface area contributed by atoms with Gasteiger partial charge in [0, 0.05) is 4.47 Å². The minimum Gasteiger partial charge on any atom is -0.330 e. The van der Waals surface area contributed by atoms with Gasteiger partial charge in [-0.2, -0.15) is 0 Å². The van der Waals surface area contributed by atoms with Crippen LogP contribution >= 0.6 is 15.9 Å².